The van der Waals surface area contributed by atoms with Gasteiger partial charge < -0.3 is 40.0 Å². The minimum atomic E-state index is -4.64. The fraction of sp³-hybridized carbons (Fsp3) is 0.933. The first-order valence-corrected chi connectivity index (χ1v) is 17.9. The van der Waals surface area contributed by atoms with Crippen molar-refractivity contribution in [2.24, 2.45) is 5.73 Å². The van der Waals surface area contributed by atoms with Crippen LogP contribution < -0.4 is 5.73 Å². The number of aliphatic hydroxyl groups is 3. The molecule has 0 amide bonds. The molecule has 260 valence electrons. The zero-order valence-corrected chi connectivity index (χ0v) is 27.2. The maximum atomic E-state index is 12.0. The van der Waals surface area contributed by atoms with Crippen LogP contribution in [0.15, 0.2) is 0 Å². The van der Waals surface area contributed by atoms with Crippen molar-refractivity contribution in [2.75, 3.05) is 25.5 Å². The molecule has 0 aromatic carbocycles. The van der Waals surface area contributed by atoms with Crippen LogP contribution in [0.3, 0.4) is 0 Å². The molecule has 1 saturated heterocycles. The van der Waals surface area contributed by atoms with Crippen LogP contribution in [0, 0.1) is 0 Å². The molecular formula is C30H57NO12S. The number of carbonyl (C=O) groups is 2. The zero-order chi connectivity index (χ0) is 32.8. The average Bonchev–Trinajstić information content (AvgIpc) is 2.96. The van der Waals surface area contributed by atoms with Gasteiger partial charge in [0.1, 0.15) is 36.8 Å². The van der Waals surface area contributed by atoms with E-state index in [0.29, 0.717) is 6.42 Å². The van der Waals surface area contributed by atoms with Crippen molar-refractivity contribution < 1.29 is 56.8 Å². The highest BCUT2D eigenvalue weighted by atomic mass is 32.2. The summed E-state index contributed by atoms with van der Waals surface area (Å²) >= 11 is 0. The van der Waals surface area contributed by atoms with E-state index in [0.717, 1.165) is 19.3 Å². The Kier molecular flexibility index (Phi) is 22.0. The molecule has 0 saturated carbocycles. The standard InChI is InChI=1S/C30H57NO12S/c1-2-3-4-5-6-7-8-9-10-11-12-13-14-15-16-17-25(33)40-20-23(32)21-41-30-28(36)27(35)29(43-26(34)18-19-31)24(42-30)22-44(37,38)39/h23-24,27-30,32,35-36H,2-22,31H2,1H3,(H,37,38,39)/t23?,24-,27-,28-,29-,30?/m1/s1. The number of ether oxygens (including phenoxy) is 4. The third-order valence-electron chi connectivity index (χ3n) is 7.51. The molecule has 44 heavy (non-hydrogen) atoms. The Labute approximate surface area is 262 Å². The molecule has 1 heterocycles. The largest absolute Gasteiger partial charge is 0.463 e. The topological polar surface area (TPSA) is 212 Å². The normalized spacial score (nSPS) is 22.9. The Morgan fingerprint density at radius 3 is 1.82 bits per heavy atom. The van der Waals surface area contributed by atoms with Gasteiger partial charge in [0.2, 0.25) is 0 Å². The Balaban J connectivity index is 2.21. The lowest BCUT2D eigenvalue weighted by molar-refractivity contribution is -0.299. The Morgan fingerprint density at radius 2 is 1.32 bits per heavy atom. The van der Waals surface area contributed by atoms with Gasteiger partial charge >= 0.3 is 11.9 Å². The van der Waals surface area contributed by atoms with E-state index in [1.54, 1.807) is 0 Å². The second-order valence-electron chi connectivity index (χ2n) is 11.6. The highest BCUT2D eigenvalue weighted by Gasteiger charge is 2.48. The molecular weight excluding hydrogens is 598 g/mol. The van der Waals surface area contributed by atoms with E-state index in [1.165, 1.54) is 70.6 Å². The molecule has 1 rings (SSSR count). The second kappa shape index (κ2) is 23.9. The molecule has 1 aliphatic heterocycles. The Hall–Kier alpha value is -1.39. The second-order valence-corrected chi connectivity index (χ2v) is 13.1. The molecule has 1 aliphatic rings. The van der Waals surface area contributed by atoms with E-state index in [9.17, 15) is 37.9 Å². The number of nitrogens with two attached hydrogens (primary N) is 1. The average molecular weight is 656 g/mol. The van der Waals surface area contributed by atoms with Crippen LogP contribution in [-0.4, -0.2) is 103 Å². The molecule has 0 bridgehead atoms. The molecule has 1 fully saturated rings. The summed E-state index contributed by atoms with van der Waals surface area (Å²) < 4.78 is 52.8. The third kappa shape index (κ3) is 19.2. The summed E-state index contributed by atoms with van der Waals surface area (Å²) in [5.41, 5.74) is 5.29. The van der Waals surface area contributed by atoms with E-state index >= 15 is 0 Å². The molecule has 6 atom stereocenters. The number of hydrogen-bond donors (Lipinski definition) is 5. The summed E-state index contributed by atoms with van der Waals surface area (Å²) in [5.74, 6) is -2.39. The van der Waals surface area contributed by atoms with Crippen LogP contribution >= 0.6 is 0 Å². The van der Waals surface area contributed by atoms with Gasteiger partial charge in [0.15, 0.2) is 12.4 Å². The minimum Gasteiger partial charge on any atom is -0.463 e. The lowest BCUT2D eigenvalue weighted by Gasteiger charge is -2.41. The van der Waals surface area contributed by atoms with Crippen LogP contribution in [-0.2, 0) is 38.7 Å². The quantitative estimate of drug-likeness (QED) is 0.0516. The highest BCUT2D eigenvalue weighted by molar-refractivity contribution is 7.85. The van der Waals surface area contributed by atoms with Gasteiger partial charge in [-0.25, -0.2) is 0 Å². The van der Waals surface area contributed by atoms with E-state index in [1.807, 2.05) is 0 Å². The predicted molar refractivity (Wildman–Crippen MR) is 163 cm³/mol. The molecule has 6 N–H and O–H groups in total. The van der Waals surface area contributed by atoms with Gasteiger partial charge in [-0.05, 0) is 6.42 Å². The van der Waals surface area contributed by atoms with Crippen molar-refractivity contribution in [1.82, 2.24) is 0 Å². The maximum absolute atomic E-state index is 12.0. The van der Waals surface area contributed by atoms with E-state index in [2.05, 4.69) is 6.92 Å². The van der Waals surface area contributed by atoms with Crippen LogP contribution in [0.5, 0.6) is 0 Å². The molecule has 0 aromatic heterocycles. The number of aliphatic hydroxyl groups excluding tert-OH is 3. The molecule has 0 aromatic rings. The van der Waals surface area contributed by atoms with Gasteiger partial charge in [-0.15, -0.1) is 0 Å². The van der Waals surface area contributed by atoms with Crippen molar-refractivity contribution in [3.8, 4) is 0 Å². The highest BCUT2D eigenvalue weighted by Crippen LogP contribution is 2.26. The molecule has 14 heteroatoms. The molecule has 13 nitrogen and oxygen atoms in total. The molecule has 0 aliphatic carbocycles. The predicted octanol–water partition coefficient (Wildman–Crippen LogP) is 2.76. The van der Waals surface area contributed by atoms with Gasteiger partial charge in [0.05, 0.1) is 13.0 Å². The van der Waals surface area contributed by atoms with Crippen molar-refractivity contribution in [3.05, 3.63) is 0 Å². The number of unbranched alkanes of at least 4 members (excludes halogenated alkanes) is 14. The molecule has 2 unspecified atom stereocenters. The Morgan fingerprint density at radius 1 is 0.795 bits per heavy atom. The number of carbonyl (C=O) groups excluding carboxylic acids is 2. The molecule has 0 radical (unpaired) electrons. The van der Waals surface area contributed by atoms with Gasteiger partial charge in [-0.2, -0.15) is 8.42 Å². The fourth-order valence-electron chi connectivity index (χ4n) is 5.02. The number of esters is 2. The fourth-order valence-corrected chi connectivity index (χ4v) is 5.70. The SMILES string of the molecule is CCCCCCCCCCCCCCCCCC(=O)OCC(O)COC1O[C@H](CS(=O)(=O)O)[C@@H](OC(=O)CCN)[C@H](O)[C@H]1O. The lowest BCUT2D eigenvalue weighted by atomic mass is 9.99. The van der Waals surface area contributed by atoms with E-state index < -0.39 is 71.2 Å². The maximum Gasteiger partial charge on any atom is 0.307 e. The lowest BCUT2D eigenvalue weighted by Crippen LogP contribution is -2.61. The van der Waals surface area contributed by atoms with Crippen LogP contribution in [0.2, 0.25) is 0 Å². The first-order valence-electron chi connectivity index (χ1n) is 16.3. The van der Waals surface area contributed by atoms with Crippen LogP contribution in [0.4, 0.5) is 0 Å². The summed E-state index contributed by atoms with van der Waals surface area (Å²) in [6, 6.07) is 0. The monoisotopic (exact) mass is 655 g/mol. The van der Waals surface area contributed by atoms with Crippen molar-refractivity contribution >= 4 is 22.1 Å². The summed E-state index contributed by atoms with van der Waals surface area (Å²) in [6.45, 7) is 1.30. The van der Waals surface area contributed by atoms with E-state index in [-0.39, 0.29) is 26.0 Å². The van der Waals surface area contributed by atoms with E-state index in [4.69, 9.17) is 24.7 Å². The first-order chi connectivity index (χ1) is 21.0. The van der Waals surface area contributed by atoms with Crippen molar-refractivity contribution in [1.29, 1.82) is 0 Å². The van der Waals surface area contributed by atoms with Crippen LogP contribution in [0.1, 0.15) is 116 Å². The van der Waals surface area contributed by atoms with Gasteiger partial charge in [0.25, 0.3) is 10.1 Å². The number of hydrogen-bond acceptors (Lipinski definition) is 12. The molecule has 0 spiro atoms. The first kappa shape index (κ1) is 40.6. The minimum absolute atomic E-state index is 0.0678. The summed E-state index contributed by atoms with van der Waals surface area (Å²) in [6.07, 6.45) is 8.54. The summed E-state index contributed by atoms with van der Waals surface area (Å²) in [7, 11) is -4.64. The van der Waals surface area contributed by atoms with Crippen LogP contribution in [0.25, 0.3) is 0 Å². The smallest absolute Gasteiger partial charge is 0.307 e. The Bertz CT molecular complexity index is 874. The van der Waals surface area contributed by atoms with Gasteiger partial charge in [-0.1, -0.05) is 96.8 Å². The van der Waals surface area contributed by atoms with Crippen molar-refractivity contribution in [3.63, 3.8) is 0 Å². The third-order valence-corrected chi connectivity index (χ3v) is 8.26. The van der Waals surface area contributed by atoms with Gasteiger partial charge in [-0.3, -0.25) is 14.1 Å². The van der Waals surface area contributed by atoms with Crippen molar-refractivity contribution in [2.45, 2.75) is 153 Å². The summed E-state index contributed by atoms with van der Waals surface area (Å²) in [4.78, 5) is 23.9. The number of rotatable bonds is 26. The zero-order valence-electron chi connectivity index (χ0n) is 26.4. The summed E-state index contributed by atoms with van der Waals surface area (Å²) in [5, 5.41) is 31.0. The van der Waals surface area contributed by atoms with Gasteiger partial charge in [0, 0.05) is 13.0 Å².